The summed E-state index contributed by atoms with van der Waals surface area (Å²) < 4.78 is 6.58. The fraction of sp³-hybridized carbons (Fsp3) is 0.600. The van der Waals surface area contributed by atoms with E-state index in [0.29, 0.717) is 6.10 Å². The number of benzene rings is 1. The van der Waals surface area contributed by atoms with E-state index in [2.05, 4.69) is 39.0 Å². The molecule has 3 nitrogen and oxygen atoms in total. The Bertz CT molecular complexity index is 415. The van der Waals surface area contributed by atoms with Gasteiger partial charge in [0.2, 0.25) is 0 Å². The van der Waals surface area contributed by atoms with Crippen molar-refractivity contribution in [3.05, 3.63) is 28.2 Å². The highest BCUT2D eigenvalue weighted by atomic mass is 79.9. The molecule has 0 saturated carbocycles. The van der Waals surface area contributed by atoms with Gasteiger partial charge in [-0.1, -0.05) is 22.0 Å². The third-order valence-electron chi connectivity index (χ3n) is 3.72. The molecule has 0 aromatic heterocycles. The van der Waals surface area contributed by atoms with Gasteiger partial charge < -0.3 is 15.4 Å². The Balaban J connectivity index is 2.04. The van der Waals surface area contributed by atoms with Crippen molar-refractivity contribution >= 4 is 21.6 Å². The maximum absolute atomic E-state index is 5.86. The molecule has 106 valence electrons. The fourth-order valence-electron chi connectivity index (χ4n) is 2.60. The quantitative estimate of drug-likeness (QED) is 0.924. The third-order valence-corrected chi connectivity index (χ3v) is 4.46. The minimum Gasteiger partial charge on any atom is -0.381 e. The van der Waals surface area contributed by atoms with Crippen molar-refractivity contribution in [2.75, 3.05) is 25.1 Å². The predicted octanol–water partition coefficient (Wildman–Crippen LogP) is 2.95. The number of piperidine rings is 1. The molecular formula is C15H23BrN2O. The van der Waals surface area contributed by atoms with Crippen LogP contribution in [0, 0.1) is 0 Å². The van der Waals surface area contributed by atoms with Crippen LogP contribution in [-0.2, 0) is 11.2 Å². The summed E-state index contributed by atoms with van der Waals surface area (Å²) in [6.07, 6.45) is 3.55. The number of hydrogen-bond acceptors (Lipinski definition) is 3. The van der Waals surface area contributed by atoms with Crippen LogP contribution in [0.4, 0.5) is 5.69 Å². The van der Waals surface area contributed by atoms with Crippen LogP contribution >= 0.6 is 15.9 Å². The van der Waals surface area contributed by atoms with E-state index in [4.69, 9.17) is 10.5 Å². The van der Waals surface area contributed by atoms with Crippen molar-refractivity contribution in [2.45, 2.75) is 38.3 Å². The number of rotatable bonds is 4. The number of methoxy groups -OCH3 is 1. The average Bonchev–Trinajstić information content (AvgIpc) is 2.41. The molecule has 0 amide bonds. The van der Waals surface area contributed by atoms with E-state index in [1.165, 1.54) is 11.3 Å². The lowest BCUT2D eigenvalue weighted by Gasteiger charge is -2.33. The molecule has 0 radical (unpaired) electrons. The summed E-state index contributed by atoms with van der Waals surface area (Å²) in [7, 11) is 1.81. The standard InChI is InChI=1S/C15H23BrN2O/c1-11(17)9-12-3-4-13(10-15(12)16)18-7-5-14(19-2)6-8-18/h3-4,10-11,14H,5-9,17H2,1-2H3. The molecule has 0 aliphatic carbocycles. The van der Waals surface area contributed by atoms with Crippen LogP contribution in [0.5, 0.6) is 0 Å². The lowest BCUT2D eigenvalue weighted by Crippen LogP contribution is -2.36. The van der Waals surface area contributed by atoms with Gasteiger partial charge in [0.25, 0.3) is 0 Å². The number of anilines is 1. The summed E-state index contributed by atoms with van der Waals surface area (Å²) in [5.74, 6) is 0. The Morgan fingerprint density at radius 2 is 2.11 bits per heavy atom. The molecule has 0 bridgehead atoms. The number of halogens is 1. The van der Waals surface area contributed by atoms with Crippen LogP contribution in [0.15, 0.2) is 22.7 Å². The number of hydrogen-bond donors (Lipinski definition) is 1. The second kappa shape index (κ2) is 6.73. The third kappa shape index (κ3) is 3.94. The highest BCUT2D eigenvalue weighted by Gasteiger charge is 2.19. The first-order valence-corrected chi connectivity index (χ1v) is 7.71. The van der Waals surface area contributed by atoms with Crippen molar-refractivity contribution in [2.24, 2.45) is 5.73 Å². The first-order chi connectivity index (χ1) is 9.10. The summed E-state index contributed by atoms with van der Waals surface area (Å²) in [4.78, 5) is 2.43. The van der Waals surface area contributed by atoms with Crippen molar-refractivity contribution in [1.82, 2.24) is 0 Å². The Hall–Kier alpha value is -0.580. The van der Waals surface area contributed by atoms with Gasteiger partial charge in [-0.25, -0.2) is 0 Å². The van der Waals surface area contributed by atoms with E-state index >= 15 is 0 Å². The van der Waals surface area contributed by atoms with Crippen molar-refractivity contribution in [3.63, 3.8) is 0 Å². The van der Waals surface area contributed by atoms with E-state index in [1.807, 2.05) is 6.92 Å². The molecule has 1 aliphatic heterocycles. The summed E-state index contributed by atoms with van der Waals surface area (Å²) in [5.41, 5.74) is 8.43. The molecule has 1 saturated heterocycles. The van der Waals surface area contributed by atoms with E-state index in [9.17, 15) is 0 Å². The van der Waals surface area contributed by atoms with E-state index < -0.39 is 0 Å². The van der Waals surface area contributed by atoms with Crippen molar-refractivity contribution in [3.8, 4) is 0 Å². The minimum atomic E-state index is 0.194. The lowest BCUT2D eigenvalue weighted by molar-refractivity contribution is 0.0819. The molecule has 19 heavy (non-hydrogen) atoms. The van der Waals surface area contributed by atoms with Crippen molar-refractivity contribution < 1.29 is 4.74 Å². The van der Waals surface area contributed by atoms with Crippen LogP contribution < -0.4 is 10.6 Å². The van der Waals surface area contributed by atoms with Gasteiger partial charge in [0, 0.05) is 36.4 Å². The Morgan fingerprint density at radius 3 is 2.63 bits per heavy atom. The Morgan fingerprint density at radius 1 is 1.42 bits per heavy atom. The zero-order valence-electron chi connectivity index (χ0n) is 11.7. The first-order valence-electron chi connectivity index (χ1n) is 6.92. The van der Waals surface area contributed by atoms with Gasteiger partial charge in [0.15, 0.2) is 0 Å². The van der Waals surface area contributed by atoms with Crippen LogP contribution in [0.1, 0.15) is 25.3 Å². The second-order valence-electron chi connectivity index (χ2n) is 5.38. The number of nitrogens with two attached hydrogens (primary N) is 1. The molecular weight excluding hydrogens is 304 g/mol. The minimum absolute atomic E-state index is 0.194. The van der Waals surface area contributed by atoms with Gasteiger partial charge in [0.1, 0.15) is 0 Å². The number of nitrogens with zero attached hydrogens (tertiary/aromatic N) is 1. The number of ether oxygens (including phenoxy) is 1. The zero-order chi connectivity index (χ0) is 13.8. The molecule has 1 atom stereocenters. The van der Waals surface area contributed by atoms with Gasteiger partial charge >= 0.3 is 0 Å². The maximum atomic E-state index is 5.86. The van der Waals surface area contributed by atoms with Crippen LogP contribution in [-0.4, -0.2) is 32.3 Å². The molecule has 4 heteroatoms. The normalized spacial score (nSPS) is 18.6. The van der Waals surface area contributed by atoms with Gasteiger partial charge in [-0.15, -0.1) is 0 Å². The average molecular weight is 327 g/mol. The Kier molecular flexibility index (Phi) is 5.25. The summed E-state index contributed by atoms with van der Waals surface area (Å²) in [6.45, 7) is 4.17. The monoisotopic (exact) mass is 326 g/mol. The molecule has 2 rings (SSSR count). The maximum Gasteiger partial charge on any atom is 0.0605 e. The lowest BCUT2D eigenvalue weighted by atomic mass is 10.0. The SMILES string of the molecule is COC1CCN(c2ccc(CC(C)N)c(Br)c2)CC1. The molecule has 1 aliphatic rings. The molecule has 1 fully saturated rings. The smallest absolute Gasteiger partial charge is 0.0605 e. The molecule has 1 aromatic rings. The molecule has 1 heterocycles. The fourth-order valence-corrected chi connectivity index (χ4v) is 3.12. The van der Waals surface area contributed by atoms with Crippen molar-refractivity contribution in [1.29, 1.82) is 0 Å². The van der Waals surface area contributed by atoms with E-state index in [-0.39, 0.29) is 6.04 Å². The highest BCUT2D eigenvalue weighted by Crippen LogP contribution is 2.27. The molecule has 0 spiro atoms. The molecule has 2 N–H and O–H groups in total. The second-order valence-corrected chi connectivity index (χ2v) is 6.23. The summed E-state index contributed by atoms with van der Waals surface area (Å²) in [5, 5.41) is 0. The largest absolute Gasteiger partial charge is 0.381 e. The van der Waals surface area contributed by atoms with Gasteiger partial charge in [-0.05, 0) is 43.9 Å². The zero-order valence-corrected chi connectivity index (χ0v) is 13.3. The first kappa shape index (κ1) is 14.8. The molecule has 1 unspecified atom stereocenters. The highest BCUT2D eigenvalue weighted by molar-refractivity contribution is 9.10. The van der Waals surface area contributed by atoms with E-state index in [0.717, 1.165) is 36.8 Å². The van der Waals surface area contributed by atoms with Gasteiger partial charge in [-0.3, -0.25) is 0 Å². The predicted molar refractivity (Wildman–Crippen MR) is 83.7 cm³/mol. The summed E-state index contributed by atoms with van der Waals surface area (Å²) >= 11 is 3.66. The topological polar surface area (TPSA) is 38.5 Å². The van der Waals surface area contributed by atoms with Crippen LogP contribution in [0.2, 0.25) is 0 Å². The van der Waals surface area contributed by atoms with Crippen LogP contribution in [0.25, 0.3) is 0 Å². The van der Waals surface area contributed by atoms with Crippen LogP contribution in [0.3, 0.4) is 0 Å². The molecule has 1 aromatic carbocycles. The summed E-state index contributed by atoms with van der Waals surface area (Å²) in [6, 6.07) is 6.80. The van der Waals surface area contributed by atoms with Gasteiger partial charge in [0.05, 0.1) is 6.10 Å². The van der Waals surface area contributed by atoms with Gasteiger partial charge in [-0.2, -0.15) is 0 Å². The Labute approximate surface area is 124 Å². The van der Waals surface area contributed by atoms with E-state index in [1.54, 1.807) is 7.11 Å².